The lowest BCUT2D eigenvalue weighted by atomic mass is 10.1. The number of ether oxygens (including phenoxy) is 1. The highest BCUT2D eigenvalue weighted by Crippen LogP contribution is 2.27. The van der Waals surface area contributed by atoms with Gasteiger partial charge in [0.1, 0.15) is 5.75 Å². The van der Waals surface area contributed by atoms with Crippen molar-refractivity contribution in [1.29, 1.82) is 0 Å². The fourth-order valence-electron chi connectivity index (χ4n) is 1.62. The smallest absolute Gasteiger partial charge is 0.222 e. The number of aromatic nitrogens is 2. The third-order valence-electron chi connectivity index (χ3n) is 2.45. The third kappa shape index (κ3) is 3.72. The van der Waals surface area contributed by atoms with Crippen molar-refractivity contribution in [3.8, 4) is 5.75 Å². The van der Waals surface area contributed by atoms with Gasteiger partial charge in [-0.1, -0.05) is 29.3 Å². The summed E-state index contributed by atoms with van der Waals surface area (Å²) in [7, 11) is 0. The topological polar surface area (TPSA) is 35.0 Å². The summed E-state index contributed by atoms with van der Waals surface area (Å²) in [5, 5.41) is 1.24. The first-order valence-electron chi connectivity index (χ1n) is 5.68. The van der Waals surface area contributed by atoms with Crippen LogP contribution in [0.4, 0.5) is 0 Å². The van der Waals surface area contributed by atoms with E-state index < -0.39 is 0 Å². The predicted molar refractivity (Wildman–Crippen MR) is 77.5 cm³/mol. The molecule has 19 heavy (non-hydrogen) atoms. The molecule has 6 heteroatoms. The Bertz CT molecular complexity index is 590. The van der Waals surface area contributed by atoms with E-state index in [1.807, 2.05) is 19.1 Å². The Morgan fingerprint density at radius 1 is 1.16 bits per heavy atom. The Kier molecular flexibility index (Phi) is 4.86. The number of rotatable bonds is 4. The van der Waals surface area contributed by atoms with Gasteiger partial charge < -0.3 is 4.74 Å². The Morgan fingerprint density at radius 2 is 1.95 bits per heavy atom. The minimum atomic E-state index is 0.179. The largest absolute Gasteiger partial charge is 0.492 e. The number of halogens is 3. The molecule has 0 saturated heterocycles. The van der Waals surface area contributed by atoms with Gasteiger partial charge in [0.15, 0.2) is 0 Å². The molecule has 1 heterocycles. The summed E-state index contributed by atoms with van der Waals surface area (Å²) < 4.78 is 5.45. The molecule has 0 N–H and O–H groups in total. The van der Waals surface area contributed by atoms with Crippen LogP contribution in [0.15, 0.2) is 24.4 Å². The maximum absolute atomic E-state index is 6.04. The molecule has 0 aliphatic heterocycles. The lowest BCUT2D eigenvalue weighted by molar-refractivity contribution is 0.340. The Balaban J connectivity index is 2.28. The minimum absolute atomic E-state index is 0.179. The molecular formula is C13H11Cl3N2O. The average molecular weight is 318 g/mol. The second-order valence-electron chi connectivity index (χ2n) is 3.81. The van der Waals surface area contributed by atoms with Crippen molar-refractivity contribution >= 4 is 34.8 Å². The second-order valence-corrected chi connectivity index (χ2v) is 4.96. The highest BCUT2D eigenvalue weighted by atomic mass is 35.5. The summed E-state index contributed by atoms with van der Waals surface area (Å²) in [5.41, 5.74) is 1.66. The molecule has 3 nitrogen and oxygen atoms in total. The van der Waals surface area contributed by atoms with Crippen LogP contribution in [0.3, 0.4) is 0 Å². The van der Waals surface area contributed by atoms with Crippen LogP contribution in [0.5, 0.6) is 5.75 Å². The molecule has 0 radical (unpaired) electrons. The van der Waals surface area contributed by atoms with Crippen LogP contribution < -0.4 is 4.74 Å². The Morgan fingerprint density at radius 3 is 2.68 bits per heavy atom. The molecule has 0 bridgehead atoms. The first kappa shape index (κ1) is 14.4. The van der Waals surface area contributed by atoms with Gasteiger partial charge in [-0.25, -0.2) is 9.97 Å². The summed E-state index contributed by atoms with van der Waals surface area (Å²) in [6, 6.07) is 5.56. The van der Waals surface area contributed by atoms with Crippen molar-refractivity contribution in [1.82, 2.24) is 9.97 Å². The molecule has 0 aliphatic rings. The van der Waals surface area contributed by atoms with Crippen molar-refractivity contribution in [2.45, 2.75) is 13.3 Å². The highest BCUT2D eigenvalue weighted by Gasteiger charge is 2.08. The summed E-state index contributed by atoms with van der Waals surface area (Å²) in [4.78, 5) is 7.93. The van der Waals surface area contributed by atoms with Crippen LogP contribution in [0.25, 0.3) is 0 Å². The van der Waals surface area contributed by atoms with Crippen LogP contribution in [0.1, 0.15) is 18.2 Å². The molecule has 2 rings (SSSR count). The molecule has 0 spiro atoms. The van der Waals surface area contributed by atoms with E-state index in [-0.39, 0.29) is 5.28 Å². The lowest BCUT2D eigenvalue weighted by Crippen LogP contribution is -1.98. The molecule has 0 aliphatic carbocycles. The van der Waals surface area contributed by atoms with E-state index in [0.717, 1.165) is 5.56 Å². The summed E-state index contributed by atoms with van der Waals surface area (Å²) in [5.74, 6) is 0.651. The first-order valence-corrected chi connectivity index (χ1v) is 6.81. The molecule has 0 amide bonds. The molecule has 0 saturated carbocycles. The van der Waals surface area contributed by atoms with Crippen LogP contribution in [0.2, 0.25) is 15.3 Å². The van der Waals surface area contributed by atoms with Gasteiger partial charge in [0, 0.05) is 6.42 Å². The van der Waals surface area contributed by atoms with Gasteiger partial charge in [0.25, 0.3) is 0 Å². The van der Waals surface area contributed by atoms with E-state index in [2.05, 4.69) is 9.97 Å². The van der Waals surface area contributed by atoms with Crippen molar-refractivity contribution in [3.63, 3.8) is 0 Å². The van der Waals surface area contributed by atoms with Crippen LogP contribution >= 0.6 is 34.8 Å². The van der Waals surface area contributed by atoms with Gasteiger partial charge in [0.2, 0.25) is 5.28 Å². The van der Waals surface area contributed by atoms with Gasteiger partial charge in [-0.15, -0.1) is 0 Å². The number of hydrogen-bond acceptors (Lipinski definition) is 3. The fourth-order valence-corrected chi connectivity index (χ4v) is 2.10. The predicted octanol–water partition coefficient (Wildman–Crippen LogP) is 4.43. The molecule has 2 aromatic rings. The van der Waals surface area contributed by atoms with Gasteiger partial charge in [-0.2, -0.15) is 0 Å². The quantitative estimate of drug-likeness (QED) is 0.783. The lowest BCUT2D eigenvalue weighted by Gasteiger charge is -2.09. The molecule has 1 aromatic carbocycles. The van der Waals surface area contributed by atoms with E-state index >= 15 is 0 Å². The maximum atomic E-state index is 6.04. The standard InChI is InChI=1S/C13H11Cl3N2O/c1-2-19-12-6-8(3-4-9(12)14)5-11-10(15)7-17-13(16)18-11/h3-4,6-7H,2,5H2,1H3. The summed E-state index contributed by atoms with van der Waals surface area (Å²) >= 11 is 17.8. The normalized spacial score (nSPS) is 10.5. The molecule has 1 aromatic heterocycles. The monoisotopic (exact) mass is 316 g/mol. The SMILES string of the molecule is CCOc1cc(Cc2nc(Cl)ncc2Cl)ccc1Cl. The Hall–Kier alpha value is -1.03. The zero-order valence-corrected chi connectivity index (χ0v) is 12.4. The van der Waals surface area contributed by atoms with Gasteiger partial charge >= 0.3 is 0 Å². The van der Waals surface area contributed by atoms with Gasteiger partial charge in [0.05, 0.1) is 28.5 Å². The maximum Gasteiger partial charge on any atom is 0.222 e. The van der Waals surface area contributed by atoms with Crippen molar-refractivity contribution < 1.29 is 4.74 Å². The van der Waals surface area contributed by atoms with Crippen molar-refractivity contribution in [3.05, 3.63) is 51.0 Å². The zero-order chi connectivity index (χ0) is 13.8. The highest BCUT2D eigenvalue weighted by molar-refractivity contribution is 6.32. The number of hydrogen-bond donors (Lipinski definition) is 0. The molecule has 100 valence electrons. The van der Waals surface area contributed by atoms with E-state index in [1.165, 1.54) is 6.20 Å². The van der Waals surface area contributed by atoms with E-state index in [0.29, 0.717) is 34.5 Å². The fraction of sp³-hybridized carbons (Fsp3) is 0.231. The number of benzene rings is 1. The van der Waals surface area contributed by atoms with E-state index in [1.54, 1.807) is 6.07 Å². The van der Waals surface area contributed by atoms with Crippen LogP contribution in [-0.4, -0.2) is 16.6 Å². The molecule has 0 fully saturated rings. The molecule has 0 atom stereocenters. The summed E-state index contributed by atoms with van der Waals surface area (Å²) in [6.45, 7) is 2.47. The second kappa shape index (κ2) is 6.42. The van der Waals surface area contributed by atoms with Crippen LogP contribution in [-0.2, 0) is 6.42 Å². The van der Waals surface area contributed by atoms with Gasteiger partial charge in [-0.05, 0) is 36.2 Å². The van der Waals surface area contributed by atoms with Crippen LogP contribution in [0, 0.1) is 0 Å². The van der Waals surface area contributed by atoms with E-state index in [9.17, 15) is 0 Å². The Labute approximate surface area is 126 Å². The average Bonchev–Trinajstić information content (AvgIpc) is 2.38. The number of nitrogens with zero attached hydrogens (tertiary/aromatic N) is 2. The summed E-state index contributed by atoms with van der Waals surface area (Å²) in [6.07, 6.45) is 2.03. The molecule has 0 unspecified atom stereocenters. The zero-order valence-electron chi connectivity index (χ0n) is 10.2. The van der Waals surface area contributed by atoms with E-state index in [4.69, 9.17) is 39.5 Å². The first-order chi connectivity index (χ1) is 9.10. The minimum Gasteiger partial charge on any atom is -0.492 e. The third-order valence-corrected chi connectivity index (χ3v) is 3.26. The van der Waals surface area contributed by atoms with Gasteiger partial charge in [-0.3, -0.25) is 0 Å². The van der Waals surface area contributed by atoms with Crippen molar-refractivity contribution in [2.24, 2.45) is 0 Å². The van der Waals surface area contributed by atoms with Crippen molar-refractivity contribution in [2.75, 3.05) is 6.61 Å². The molecular weight excluding hydrogens is 307 g/mol.